The zero-order valence-corrected chi connectivity index (χ0v) is 29.3. The van der Waals surface area contributed by atoms with Crippen LogP contribution in [0.25, 0.3) is 22.1 Å². The van der Waals surface area contributed by atoms with Crippen molar-refractivity contribution in [2.45, 2.75) is 25.8 Å². The molecule has 0 radical (unpaired) electrons. The number of fused-ring (bicyclic) bond motifs is 2. The van der Waals surface area contributed by atoms with Crippen LogP contribution in [0.4, 0.5) is 34.5 Å². The number of methoxy groups -OCH3 is 1. The number of hydrogen-bond donors (Lipinski definition) is 2. The van der Waals surface area contributed by atoms with Crippen LogP contribution in [0.5, 0.6) is 5.75 Å². The first-order chi connectivity index (χ1) is 23.6. The molecule has 15 heteroatoms. The minimum absolute atomic E-state index is 0.280. The number of nitrogens with zero attached hydrogens (tertiary/aromatic N) is 8. The van der Waals surface area contributed by atoms with Gasteiger partial charge in [-0.25, -0.2) is 8.42 Å². The summed E-state index contributed by atoms with van der Waals surface area (Å²) in [5.41, 5.74) is 5.15. The highest BCUT2D eigenvalue weighted by Crippen LogP contribution is 2.39. The molecule has 0 saturated carbocycles. The zero-order valence-electron chi connectivity index (χ0n) is 28.5. The summed E-state index contributed by atoms with van der Waals surface area (Å²) in [6.45, 7) is 8.67. The number of anilines is 6. The summed E-state index contributed by atoms with van der Waals surface area (Å²) < 4.78 is 38.1. The molecule has 2 aromatic carbocycles. The van der Waals surface area contributed by atoms with Gasteiger partial charge in [-0.2, -0.15) is 9.97 Å². The Labute approximate surface area is 286 Å². The third-order valence-corrected chi connectivity index (χ3v) is 10.8. The van der Waals surface area contributed by atoms with E-state index in [0.29, 0.717) is 56.8 Å². The number of rotatable bonds is 9. The number of nitrogens with one attached hydrogen (secondary N) is 2. The van der Waals surface area contributed by atoms with E-state index in [9.17, 15) is 8.42 Å². The Morgan fingerprint density at radius 2 is 1.71 bits per heavy atom. The van der Waals surface area contributed by atoms with Gasteiger partial charge in [-0.3, -0.25) is 19.2 Å². The lowest BCUT2D eigenvalue weighted by molar-refractivity contribution is 0.0982. The van der Waals surface area contributed by atoms with Crippen molar-refractivity contribution < 1.29 is 17.6 Å². The van der Waals surface area contributed by atoms with Crippen molar-refractivity contribution in [2.24, 2.45) is 0 Å². The van der Waals surface area contributed by atoms with Crippen molar-refractivity contribution in [3.05, 3.63) is 54.6 Å². The number of ether oxygens (including phenoxy) is 1. The molecule has 2 aliphatic rings. The maximum Gasteiger partial charge on any atom is 0.232 e. The van der Waals surface area contributed by atoms with Crippen LogP contribution in [-0.2, 0) is 10.0 Å². The van der Waals surface area contributed by atoms with E-state index in [-0.39, 0.29) is 5.95 Å². The minimum atomic E-state index is -3.64. The molecule has 14 nitrogen and oxygen atoms in total. The van der Waals surface area contributed by atoms with E-state index in [4.69, 9.17) is 14.1 Å². The Kier molecular flexibility index (Phi) is 8.90. The molecule has 0 spiro atoms. The van der Waals surface area contributed by atoms with Crippen LogP contribution in [0.2, 0.25) is 0 Å². The summed E-state index contributed by atoms with van der Waals surface area (Å²) >= 11 is 0. The molecular weight excluding hydrogens is 645 g/mol. The van der Waals surface area contributed by atoms with Gasteiger partial charge >= 0.3 is 0 Å². The maximum atomic E-state index is 12.7. The molecular formula is C34H42N10O4S. The molecule has 5 aromatic rings. The first-order valence-electron chi connectivity index (χ1n) is 16.4. The van der Waals surface area contributed by atoms with Gasteiger partial charge in [0.1, 0.15) is 22.8 Å². The average Bonchev–Trinajstić information content (AvgIpc) is 3.57. The molecule has 7 rings (SSSR count). The van der Waals surface area contributed by atoms with E-state index in [1.54, 1.807) is 31.5 Å². The lowest BCUT2D eigenvalue weighted by atomic mass is 10.0. The van der Waals surface area contributed by atoms with Crippen LogP contribution < -0.4 is 24.6 Å². The first-order valence-corrected chi connectivity index (χ1v) is 18.3. The Bertz CT molecular complexity index is 2090. The van der Waals surface area contributed by atoms with E-state index < -0.39 is 10.0 Å². The number of sulfonamides is 1. The molecule has 2 N–H and O–H groups in total. The summed E-state index contributed by atoms with van der Waals surface area (Å²) in [6, 6.07) is 10.1. The van der Waals surface area contributed by atoms with Gasteiger partial charge in [-0.05, 0) is 56.6 Å². The zero-order chi connectivity index (χ0) is 34.3. The number of piperidine rings is 1. The molecule has 0 bridgehead atoms. The summed E-state index contributed by atoms with van der Waals surface area (Å²) in [7, 11) is 1.71. The van der Waals surface area contributed by atoms with Crippen molar-refractivity contribution in [3.63, 3.8) is 0 Å². The van der Waals surface area contributed by atoms with Crippen molar-refractivity contribution in [3.8, 4) is 5.75 Å². The van der Waals surface area contributed by atoms with Crippen LogP contribution in [0.15, 0.2) is 53.4 Å². The first kappa shape index (κ1) is 32.8. The summed E-state index contributed by atoms with van der Waals surface area (Å²) in [5.74, 6) is 1.37. The van der Waals surface area contributed by atoms with Crippen molar-refractivity contribution in [2.75, 3.05) is 86.6 Å². The summed E-state index contributed by atoms with van der Waals surface area (Å²) in [6.07, 6.45) is 8.06. The molecule has 0 atom stereocenters. The molecule has 0 unspecified atom stereocenters. The van der Waals surface area contributed by atoms with E-state index >= 15 is 0 Å². The van der Waals surface area contributed by atoms with Gasteiger partial charge in [0.15, 0.2) is 0 Å². The number of benzene rings is 2. The second-order valence-electron chi connectivity index (χ2n) is 12.8. The third-order valence-electron chi connectivity index (χ3n) is 9.63. The molecule has 5 heterocycles. The molecule has 0 aliphatic carbocycles. The van der Waals surface area contributed by atoms with E-state index in [0.717, 1.165) is 69.6 Å². The number of likely N-dealkylation sites (N-methyl/N-ethyl adjacent to an activating group) is 1. The number of furan rings is 1. The summed E-state index contributed by atoms with van der Waals surface area (Å²) in [4.78, 5) is 25.8. The third kappa shape index (κ3) is 6.65. The number of piperazine rings is 1. The van der Waals surface area contributed by atoms with Crippen LogP contribution in [0, 0.1) is 6.92 Å². The standard InChI is InChI=1S/C34H42N10O4S/c1-22-20-27(29(47-4)21-28(22)44-13-8-23(9-14-44)43-17-15-41(2)16-18-43)38-34-39-32(24-10-19-48-33(24)40-34)37-26-7-6-25-30(36-12-11-35-25)31(26)42(3)49(5,45)46/h6-7,10-12,19-21,23H,8-9,13-18H2,1-5H3,(H2,37,38,39,40). The molecule has 2 saturated heterocycles. The van der Waals surface area contributed by atoms with E-state index in [1.807, 2.05) is 0 Å². The van der Waals surface area contributed by atoms with E-state index in [1.165, 1.54) is 23.8 Å². The number of aromatic nitrogens is 4. The predicted octanol–water partition coefficient (Wildman–Crippen LogP) is 4.58. The Hall–Kier alpha value is -4.73. The molecule has 258 valence electrons. The lowest BCUT2D eigenvalue weighted by Crippen LogP contribution is -2.52. The Balaban J connectivity index is 1.16. The maximum absolute atomic E-state index is 12.7. The molecule has 3 aromatic heterocycles. The highest BCUT2D eigenvalue weighted by molar-refractivity contribution is 7.92. The average molecular weight is 687 g/mol. The smallest absolute Gasteiger partial charge is 0.232 e. The normalized spacial score (nSPS) is 16.7. The molecule has 49 heavy (non-hydrogen) atoms. The van der Waals surface area contributed by atoms with Gasteiger partial charge in [0.25, 0.3) is 0 Å². The Morgan fingerprint density at radius 3 is 2.45 bits per heavy atom. The number of hydrogen-bond acceptors (Lipinski definition) is 13. The van der Waals surface area contributed by atoms with Crippen molar-refractivity contribution in [1.29, 1.82) is 0 Å². The largest absolute Gasteiger partial charge is 0.494 e. The number of aryl methyl sites for hydroxylation is 1. The SMILES string of the molecule is COc1cc(N2CCC(N3CCN(C)CC3)CC2)c(C)cc1Nc1nc(Nc2ccc3nccnc3c2N(C)S(C)(=O)=O)c2ccoc2n1. The lowest BCUT2D eigenvalue weighted by Gasteiger charge is -2.43. The fourth-order valence-corrected chi connectivity index (χ4v) is 7.32. The van der Waals surface area contributed by atoms with Gasteiger partial charge in [0.05, 0.1) is 41.9 Å². The van der Waals surface area contributed by atoms with Gasteiger partial charge in [-0.15, -0.1) is 0 Å². The van der Waals surface area contributed by atoms with Gasteiger partial charge < -0.3 is 29.6 Å². The fourth-order valence-electron chi connectivity index (χ4n) is 6.81. The topological polar surface area (TPSA) is 145 Å². The predicted molar refractivity (Wildman–Crippen MR) is 193 cm³/mol. The summed E-state index contributed by atoms with van der Waals surface area (Å²) in [5, 5.41) is 7.29. The Morgan fingerprint density at radius 1 is 0.959 bits per heavy atom. The van der Waals surface area contributed by atoms with Crippen molar-refractivity contribution in [1.82, 2.24) is 29.7 Å². The van der Waals surface area contributed by atoms with Crippen LogP contribution >= 0.6 is 0 Å². The quantitative estimate of drug-likeness (QED) is 0.223. The minimum Gasteiger partial charge on any atom is -0.494 e. The van der Waals surface area contributed by atoms with Gasteiger partial charge in [-0.1, -0.05) is 0 Å². The monoisotopic (exact) mass is 686 g/mol. The molecule has 2 fully saturated rings. The van der Waals surface area contributed by atoms with Crippen molar-refractivity contribution >= 4 is 66.7 Å². The van der Waals surface area contributed by atoms with Crippen LogP contribution in [0.1, 0.15) is 18.4 Å². The highest BCUT2D eigenvalue weighted by Gasteiger charge is 2.28. The van der Waals surface area contributed by atoms with Crippen LogP contribution in [0.3, 0.4) is 0 Å². The van der Waals surface area contributed by atoms with Gasteiger partial charge in [0.2, 0.25) is 21.7 Å². The highest BCUT2D eigenvalue weighted by atomic mass is 32.2. The van der Waals surface area contributed by atoms with Gasteiger partial charge in [0, 0.05) is 76.5 Å². The fraction of sp³-hybridized carbons (Fsp3) is 0.412. The van der Waals surface area contributed by atoms with Crippen LogP contribution in [-0.4, -0.2) is 111 Å². The second-order valence-corrected chi connectivity index (χ2v) is 14.8. The second kappa shape index (κ2) is 13.3. The molecule has 0 amide bonds. The molecule has 2 aliphatic heterocycles. The van der Waals surface area contributed by atoms with E-state index in [2.05, 4.69) is 66.4 Å².